The third-order valence-electron chi connectivity index (χ3n) is 3.66. The summed E-state index contributed by atoms with van der Waals surface area (Å²) in [5, 5.41) is 0. The van der Waals surface area contributed by atoms with Gasteiger partial charge in [-0.25, -0.2) is 0 Å². The highest BCUT2D eigenvalue weighted by Crippen LogP contribution is 2.60. The molecule has 0 N–H and O–H groups in total. The second-order valence-corrected chi connectivity index (χ2v) is 6.34. The Kier molecular flexibility index (Phi) is 1.99. The Morgan fingerprint density at radius 2 is 2.00 bits per heavy atom. The van der Waals surface area contributed by atoms with Gasteiger partial charge in [0.25, 0.3) is 0 Å². The Balaban J connectivity index is 2.27. The van der Waals surface area contributed by atoms with Crippen molar-refractivity contribution in [1.82, 2.24) is 0 Å². The maximum Gasteiger partial charge on any atom is 0.179 e. The van der Waals surface area contributed by atoms with E-state index in [2.05, 4.69) is 13.8 Å². The Morgan fingerprint density at radius 1 is 1.38 bits per heavy atom. The number of ketones is 1. The van der Waals surface area contributed by atoms with E-state index in [1.807, 2.05) is 0 Å². The average Bonchev–Trinajstić information content (AvgIpc) is 2.02. The van der Waals surface area contributed by atoms with Crippen molar-refractivity contribution in [3.8, 4) is 0 Å². The fourth-order valence-electron chi connectivity index (χ4n) is 2.87. The fraction of sp³-hybridized carbons (Fsp3) is 0.900. The van der Waals surface area contributed by atoms with E-state index in [1.165, 1.54) is 0 Å². The van der Waals surface area contributed by atoms with Gasteiger partial charge in [0.15, 0.2) is 10.1 Å². The van der Waals surface area contributed by atoms with Crippen LogP contribution in [0.3, 0.4) is 0 Å². The lowest BCUT2D eigenvalue weighted by Crippen LogP contribution is -2.62. The summed E-state index contributed by atoms with van der Waals surface area (Å²) >= 11 is 11.9. The number of rotatable bonds is 0. The number of hydrogen-bond acceptors (Lipinski definition) is 1. The Morgan fingerprint density at radius 3 is 2.54 bits per heavy atom. The van der Waals surface area contributed by atoms with Crippen LogP contribution in [0, 0.1) is 17.3 Å². The molecule has 3 heteroatoms. The van der Waals surface area contributed by atoms with Crippen molar-refractivity contribution >= 4 is 29.0 Å². The summed E-state index contributed by atoms with van der Waals surface area (Å²) in [4.78, 5) is 11.7. The number of carbonyl (C=O) groups is 1. The van der Waals surface area contributed by atoms with Gasteiger partial charge in [0.1, 0.15) is 0 Å². The summed E-state index contributed by atoms with van der Waals surface area (Å²) in [7, 11) is 0. The van der Waals surface area contributed by atoms with E-state index >= 15 is 0 Å². The largest absolute Gasteiger partial charge is 0.296 e. The molecule has 0 aromatic rings. The van der Waals surface area contributed by atoms with E-state index in [1.54, 1.807) is 0 Å². The number of Topliss-reactive ketones (excluding diaryl/α,β-unsaturated/α-hetero) is 1. The van der Waals surface area contributed by atoms with Crippen LogP contribution in [0.5, 0.6) is 0 Å². The Bertz CT molecular complexity index is 258. The van der Waals surface area contributed by atoms with Gasteiger partial charge in [-0.3, -0.25) is 4.79 Å². The highest BCUT2D eigenvalue weighted by Gasteiger charge is 2.65. The van der Waals surface area contributed by atoms with E-state index < -0.39 is 4.33 Å². The molecule has 74 valence electrons. The molecular weight excluding hydrogens is 207 g/mol. The molecule has 2 aliphatic rings. The van der Waals surface area contributed by atoms with Crippen LogP contribution in [0.4, 0.5) is 0 Å². The summed E-state index contributed by atoms with van der Waals surface area (Å²) in [6.07, 6.45) is 3.26. The molecule has 2 rings (SSSR count). The highest BCUT2D eigenvalue weighted by atomic mass is 35.5. The van der Waals surface area contributed by atoms with E-state index in [4.69, 9.17) is 23.2 Å². The second kappa shape index (κ2) is 2.64. The first-order chi connectivity index (χ1) is 5.87. The fourth-order valence-corrected chi connectivity index (χ4v) is 3.57. The topological polar surface area (TPSA) is 17.1 Å². The minimum atomic E-state index is -1.07. The molecule has 1 nitrogen and oxygen atoms in total. The zero-order chi connectivity index (χ0) is 9.85. The Hall–Kier alpha value is 0.250. The lowest BCUT2D eigenvalue weighted by atomic mass is 9.53. The molecule has 2 atom stereocenters. The third-order valence-corrected chi connectivity index (χ3v) is 4.59. The lowest BCUT2D eigenvalue weighted by molar-refractivity contribution is -0.146. The summed E-state index contributed by atoms with van der Waals surface area (Å²) < 4.78 is -1.07. The van der Waals surface area contributed by atoms with Gasteiger partial charge in [0.05, 0.1) is 0 Å². The van der Waals surface area contributed by atoms with Gasteiger partial charge in [-0.1, -0.05) is 43.5 Å². The number of alkyl halides is 2. The van der Waals surface area contributed by atoms with Gasteiger partial charge in [0.2, 0.25) is 0 Å². The normalized spacial score (nSPS) is 40.8. The summed E-state index contributed by atoms with van der Waals surface area (Å²) in [6, 6.07) is 0. The van der Waals surface area contributed by atoms with Gasteiger partial charge in [-0.05, 0) is 18.3 Å². The molecule has 0 saturated heterocycles. The van der Waals surface area contributed by atoms with Crippen LogP contribution in [0.25, 0.3) is 0 Å². The molecule has 2 fully saturated rings. The van der Waals surface area contributed by atoms with Crippen LogP contribution in [0.1, 0.15) is 33.1 Å². The maximum atomic E-state index is 11.7. The van der Waals surface area contributed by atoms with Crippen molar-refractivity contribution in [2.24, 2.45) is 17.3 Å². The number of carbonyl (C=O) groups excluding carboxylic acids is 1. The first kappa shape index (κ1) is 9.79. The predicted molar refractivity (Wildman–Crippen MR) is 54.1 cm³/mol. The first-order valence-corrected chi connectivity index (χ1v) is 5.55. The minimum absolute atomic E-state index is 0.0468. The van der Waals surface area contributed by atoms with Crippen LogP contribution in [0.2, 0.25) is 0 Å². The van der Waals surface area contributed by atoms with E-state index in [0.717, 1.165) is 19.3 Å². The van der Waals surface area contributed by atoms with Crippen molar-refractivity contribution in [2.75, 3.05) is 0 Å². The van der Waals surface area contributed by atoms with Crippen molar-refractivity contribution in [1.29, 1.82) is 0 Å². The molecule has 0 aromatic heterocycles. The predicted octanol–water partition coefficient (Wildman–Crippen LogP) is 3.19. The molecular formula is C10H14Cl2O. The van der Waals surface area contributed by atoms with Gasteiger partial charge >= 0.3 is 0 Å². The number of halogens is 2. The second-order valence-electron chi connectivity index (χ2n) is 4.95. The van der Waals surface area contributed by atoms with Crippen molar-refractivity contribution < 1.29 is 4.79 Å². The molecule has 0 bridgehead atoms. The van der Waals surface area contributed by atoms with Gasteiger partial charge in [-0.2, -0.15) is 0 Å². The van der Waals surface area contributed by atoms with E-state index in [9.17, 15) is 4.79 Å². The molecule has 2 saturated carbocycles. The maximum absolute atomic E-state index is 11.7. The van der Waals surface area contributed by atoms with Crippen LogP contribution < -0.4 is 0 Å². The van der Waals surface area contributed by atoms with E-state index in [-0.39, 0.29) is 23.0 Å². The standard InChI is InChI=1S/C10H14Cl2O/c1-9(2)5-3-4-6-7(9)8(13)10(6,11)12/h6-7H,3-5H2,1-2H3/t6-,7+/m1/s1. The quantitative estimate of drug-likeness (QED) is 0.574. The van der Waals surface area contributed by atoms with Crippen molar-refractivity contribution in [2.45, 2.75) is 37.4 Å². The van der Waals surface area contributed by atoms with Crippen molar-refractivity contribution in [3.05, 3.63) is 0 Å². The third kappa shape index (κ3) is 1.16. The molecule has 0 spiro atoms. The van der Waals surface area contributed by atoms with Gasteiger partial charge in [-0.15, -0.1) is 0 Å². The Labute approximate surface area is 88.8 Å². The van der Waals surface area contributed by atoms with Crippen molar-refractivity contribution in [3.63, 3.8) is 0 Å². The molecule has 0 heterocycles. The number of fused-ring (bicyclic) bond motifs is 1. The molecule has 13 heavy (non-hydrogen) atoms. The SMILES string of the molecule is CC1(C)CCC[C@@H]2[C@H]1C(=O)C2(Cl)Cl. The smallest absolute Gasteiger partial charge is 0.179 e. The molecule has 0 radical (unpaired) electrons. The molecule has 0 unspecified atom stereocenters. The summed E-state index contributed by atoms with van der Waals surface area (Å²) in [6.45, 7) is 4.29. The number of hydrogen-bond donors (Lipinski definition) is 0. The zero-order valence-electron chi connectivity index (χ0n) is 7.94. The summed E-state index contributed by atoms with van der Waals surface area (Å²) in [5.41, 5.74) is 0.104. The molecule has 0 aliphatic heterocycles. The van der Waals surface area contributed by atoms with Gasteiger partial charge < -0.3 is 0 Å². The van der Waals surface area contributed by atoms with Crippen LogP contribution in [-0.4, -0.2) is 10.1 Å². The van der Waals surface area contributed by atoms with Crippen LogP contribution in [-0.2, 0) is 4.79 Å². The molecule has 0 aromatic carbocycles. The summed E-state index contributed by atoms with van der Waals surface area (Å²) in [5.74, 6) is 0.355. The van der Waals surface area contributed by atoms with E-state index in [0.29, 0.717) is 0 Å². The zero-order valence-corrected chi connectivity index (χ0v) is 9.45. The van der Waals surface area contributed by atoms with Crippen LogP contribution in [0.15, 0.2) is 0 Å². The lowest BCUT2D eigenvalue weighted by Gasteiger charge is -2.55. The monoisotopic (exact) mass is 220 g/mol. The van der Waals surface area contributed by atoms with Gasteiger partial charge in [0, 0.05) is 11.8 Å². The average molecular weight is 221 g/mol. The molecule has 0 amide bonds. The highest BCUT2D eigenvalue weighted by molar-refractivity contribution is 6.60. The first-order valence-electron chi connectivity index (χ1n) is 4.79. The minimum Gasteiger partial charge on any atom is -0.296 e. The molecule has 2 aliphatic carbocycles. The van der Waals surface area contributed by atoms with Crippen LogP contribution >= 0.6 is 23.2 Å².